The maximum atomic E-state index is 5.63. The summed E-state index contributed by atoms with van der Waals surface area (Å²) in [5, 5.41) is 0. The fraction of sp³-hybridized carbons (Fsp3) is 0.571. The normalized spacial score (nSPS) is 11.4. The molecule has 0 fully saturated rings. The molecule has 16 heavy (non-hydrogen) atoms. The molecule has 1 rings (SSSR count). The third kappa shape index (κ3) is 6.46. The molecule has 2 nitrogen and oxygen atoms in total. The number of para-hydroxylation sites is 1. The Morgan fingerprint density at radius 2 is 1.56 bits per heavy atom. The topological polar surface area (TPSA) is 18.5 Å². The van der Waals surface area contributed by atoms with Crippen LogP contribution in [-0.4, -0.2) is 18.8 Å². The Hall–Kier alpha value is -1.02. The predicted molar refractivity (Wildman–Crippen MR) is 66.9 cm³/mol. The van der Waals surface area contributed by atoms with Gasteiger partial charge in [-0.2, -0.15) is 0 Å². The van der Waals surface area contributed by atoms with Crippen molar-refractivity contribution in [3.8, 4) is 5.75 Å². The lowest BCUT2D eigenvalue weighted by atomic mass is 10.2. The highest BCUT2D eigenvalue weighted by Gasteiger charge is 2.08. The van der Waals surface area contributed by atoms with Gasteiger partial charge in [0.05, 0.1) is 12.2 Å². The molecular formula is C14H22O2. The first kappa shape index (κ1) is 13.0. The average Bonchev–Trinajstić information content (AvgIpc) is 2.23. The van der Waals surface area contributed by atoms with Crippen molar-refractivity contribution in [1.29, 1.82) is 0 Å². The van der Waals surface area contributed by atoms with Gasteiger partial charge in [0.25, 0.3) is 0 Å². The molecule has 0 aromatic heterocycles. The van der Waals surface area contributed by atoms with E-state index < -0.39 is 0 Å². The summed E-state index contributed by atoms with van der Waals surface area (Å²) >= 11 is 0. The fourth-order valence-electron chi connectivity index (χ4n) is 1.29. The van der Waals surface area contributed by atoms with Crippen molar-refractivity contribution in [2.75, 3.05) is 13.2 Å². The highest BCUT2D eigenvalue weighted by atomic mass is 16.5. The highest BCUT2D eigenvalue weighted by molar-refractivity contribution is 5.20. The summed E-state index contributed by atoms with van der Waals surface area (Å²) in [7, 11) is 0. The summed E-state index contributed by atoms with van der Waals surface area (Å²) in [4.78, 5) is 0. The lowest BCUT2D eigenvalue weighted by molar-refractivity contribution is -0.00553. The summed E-state index contributed by atoms with van der Waals surface area (Å²) < 4.78 is 11.2. The number of benzene rings is 1. The Morgan fingerprint density at radius 1 is 0.938 bits per heavy atom. The molecular weight excluding hydrogens is 200 g/mol. The first-order chi connectivity index (χ1) is 7.58. The van der Waals surface area contributed by atoms with Gasteiger partial charge >= 0.3 is 0 Å². The molecule has 90 valence electrons. The second kappa shape index (κ2) is 6.54. The van der Waals surface area contributed by atoms with Crippen molar-refractivity contribution in [3.05, 3.63) is 30.3 Å². The van der Waals surface area contributed by atoms with E-state index in [1.807, 2.05) is 30.3 Å². The van der Waals surface area contributed by atoms with Gasteiger partial charge in [-0.05, 0) is 45.7 Å². The van der Waals surface area contributed by atoms with Gasteiger partial charge in [0.2, 0.25) is 0 Å². The van der Waals surface area contributed by atoms with E-state index in [9.17, 15) is 0 Å². The van der Waals surface area contributed by atoms with Gasteiger partial charge < -0.3 is 9.47 Å². The molecule has 1 aromatic rings. The molecule has 0 aliphatic rings. The Morgan fingerprint density at radius 3 is 2.19 bits per heavy atom. The van der Waals surface area contributed by atoms with E-state index in [1.54, 1.807) is 0 Å². The van der Waals surface area contributed by atoms with Crippen LogP contribution in [-0.2, 0) is 4.74 Å². The lowest BCUT2D eigenvalue weighted by Gasteiger charge is -2.19. The van der Waals surface area contributed by atoms with Crippen molar-refractivity contribution in [3.63, 3.8) is 0 Å². The third-order valence-electron chi connectivity index (χ3n) is 2.09. The van der Waals surface area contributed by atoms with Crippen molar-refractivity contribution in [2.24, 2.45) is 0 Å². The Bertz CT molecular complexity index is 275. The van der Waals surface area contributed by atoms with Crippen LogP contribution >= 0.6 is 0 Å². The summed E-state index contributed by atoms with van der Waals surface area (Å²) in [6.07, 6.45) is 2.08. The van der Waals surface area contributed by atoms with Gasteiger partial charge in [-0.3, -0.25) is 0 Å². The van der Waals surface area contributed by atoms with Crippen LogP contribution < -0.4 is 4.74 Å². The van der Waals surface area contributed by atoms with Crippen LogP contribution in [0.2, 0.25) is 0 Å². The molecule has 0 saturated heterocycles. The van der Waals surface area contributed by atoms with Crippen LogP contribution in [0, 0.1) is 0 Å². The number of hydrogen-bond acceptors (Lipinski definition) is 2. The molecule has 0 N–H and O–H groups in total. The molecule has 1 aromatic carbocycles. The van der Waals surface area contributed by atoms with E-state index in [0.717, 1.165) is 31.8 Å². The van der Waals surface area contributed by atoms with E-state index in [0.29, 0.717) is 0 Å². The second-order valence-electron chi connectivity index (χ2n) is 4.83. The first-order valence-corrected chi connectivity index (χ1v) is 5.90. The SMILES string of the molecule is CC(C)(C)OCCCCOc1ccccc1. The number of unbranched alkanes of at least 4 members (excludes halogenated alkanes) is 1. The third-order valence-corrected chi connectivity index (χ3v) is 2.09. The van der Waals surface area contributed by atoms with Crippen LogP contribution in [0.15, 0.2) is 30.3 Å². The van der Waals surface area contributed by atoms with Crippen molar-refractivity contribution >= 4 is 0 Å². The Kier molecular flexibility index (Phi) is 5.33. The average molecular weight is 222 g/mol. The zero-order chi connectivity index (χ0) is 11.9. The van der Waals surface area contributed by atoms with Crippen LogP contribution in [0.25, 0.3) is 0 Å². The van der Waals surface area contributed by atoms with Crippen molar-refractivity contribution < 1.29 is 9.47 Å². The van der Waals surface area contributed by atoms with E-state index in [-0.39, 0.29) is 5.60 Å². The number of ether oxygens (including phenoxy) is 2. The molecule has 0 heterocycles. The van der Waals surface area contributed by atoms with E-state index in [4.69, 9.17) is 9.47 Å². The minimum Gasteiger partial charge on any atom is -0.494 e. The molecule has 0 amide bonds. The van der Waals surface area contributed by atoms with Gasteiger partial charge in [-0.1, -0.05) is 18.2 Å². The second-order valence-corrected chi connectivity index (χ2v) is 4.83. The van der Waals surface area contributed by atoms with Crippen molar-refractivity contribution in [1.82, 2.24) is 0 Å². The Labute approximate surface area is 98.6 Å². The molecule has 0 aliphatic heterocycles. The molecule has 0 spiro atoms. The molecule has 0 unspecified atom stereocenters. The van der Waals surface area contributed by atoms with Crippen LogP contribution in [0.5, 0.6) is 5.75 Å². The number of hydrogen-bond donors (Lipinski definition) is 0. The van der Waals surface area contributed by atoms with Gasteiger partial charge in [0, 0.05) is 6.61 Å². The molecule has 0 atom stereocenters. The van der Waals surface area contributed by atoms with Gasteiger partial charge in [0.15, 0.2) is 0 Å². The van der Waals surface area contributed by atoms with Gasteiger partial charge in [-0.15, -0.1) is 0 Å². The van der Waals surface area contributed by atoms with E-state index in [2.05, 4.69) is 20.8 Å². The molecule has 0 bridgehead atoms. The lowest BCUT2D eigenvalue weighted by Crippen LogP contribution is -2.19. The van der Waals surface area contributed by atoms with Gasteiger partial charge in [0.1, 0.15) is 5.75 Å². The Balaban J connectivity index is 2.01. The van der Waals surface area contributed by atoms with Crippen LogP contribution in [0.1, 0.15) is 33.6 Å². The van der Waals surface area contributed by atoms with Gasteiger partial charge in [-0.25, -0.2) is 0 Å². The summed E-state index contributed by atoms with van der Waals surface area (Å²) in [5.41, 5.74) is -0.0275. The van der Waals surface area contributed by atoms with E-state index >= 15 is 0 Å². The fourth-order valence-corrected chi connectivity index (χ4v) is 1.29. The van der Waals surface area contributed by atoms with Crippen molar-refractivity contribution in [2.45, 2.75) is 39.2 Å². The van der Waals surface area contributed by atoms with Crippen LogP contribution in [0.4, 0.5) is 0 Å². The largest absolute Gasteiger partial charge is 0.494 e. The minimum absolute atomic E-state index is 0.0275. The monoisotopic (exact) mass is 222 g/mol. The quantitative estimate of drug-likeness (QED) is 0.684. The summed E-state index contributed by atoms with van der Waals surface area (Å²) in [5.74, 6) is 0.944. The zero-order valence-electron chi connectivity index (χ0n) is 10.5. The highest BCUT2D eigenvalue weighted by Crippen LogP contribution is 2.10. The zero-order valence-corrected chi connectivity index (χ0v) is 10.5. The van der Waals surface area contributed by atoms with Crippen LogP contribution in [0.3, 0.4) is 0 Å². The smallest absolute Gasteiger partial charge is 0.119 e. The maximum absolute atomic E-state index is 5.63. The molecule has 0 saturated carbocycles. The number of rotatable bonds is 6. The molecule has 2 heteroatoms. The maximum Gasteiger partial charge on any atom is 0.119 e. The standard InChI is InChI=1S/C14H22O2/c1-14(2,3)16-12-8-7-11-15-13-9-5-4-6-10-13/h4-6,9-10H,7-8,11-12H2,1-3H3. The summed E-state index contributed by atoms with van der Waals surface area (Å²) in [6.45, 7) is 7.80. The summed E-state index contributed by atoms with van der Waals surface area (Å²) in [6, 6.07) is 9.91. The molecule has 0 radical (unpaired) electrons. The molecule has 0 aliphatic carbocycles. The first-order valence-electron chi connectivity index (χ1n) is 5.90. The van der Waals surface area contributed by atoms with E-state index in [1.165, 1.54) is 0 Å². The minimum atomic E-state index is -0.0275. The predicted octanol–water partition coefficient (Wildman–Crippen LogP) is 3.66.